The van der Waals surface area contributed by atoms with Gasteiger partial charge in [0, 0.05) is 0 Å². The van der Waals surface area contributed by atoms with Crippen LogP contribution in [-0.4, -0.2) is 18.3 Å². The Morgan fingerprint density at radius 2 is 1.93 bits per heavy atom. The van der Waals surface area contributed by atoms with Crippen LogP contribution in [0.5, 0.6) is 5.75 Å². The molecule has 0 aromatic heterocycles. The molecule has 3 heteroatoms. The summed E-state index contributed by atoms with van der Waals surface area (Å²) in [7, 11) is 0. The number of hydrogen-bond donors (Lipinski definition) is 2. The molecule has 1 atom stereocenters. The predicted octanol–water partition coefficient (Wildman–Crippen LogP) is 1.25. The molecule has 78 valence electrons. The zero-order chi connectivity index (χ0) is 10.6. The summed E-state index contributed by atoms with van der Waals surface area (Å²) in [6.45, 7) is 4.32. The minimum Gasteiger partial charge on any atom is -0.494 e. The predicted molar refractivity (Wildman–Crippen MR) is 56.2 cm³/mol. The molecule has 0 saturated heterocycles. The Labute approximate surface area is 84.5 Å². The molecule has 0 saturated carbocycles. The monoisotopic (exact) mass is 195 g/mol. The van der Waals surface area contributed by atoms with Crippen LogP contribution in [0.15, 0.2) is 24.3 Å². The number of aliphatic hydroxyl groups is 1. The highest BCUT2D eigenvalue weighted by Gasteiger charge is 2.19. The lowest BCUT2D eigenvalue weighted by molar-refractivity contribution is 0.210. The Hall–Kier alpha value is -1.06. The van der Waals surface area contributed by atoms with Gasteiger partial charge >= 0.3 is 0 Å². The average Bonchev–Trinajstić information content (AvgIpc) is 2.19. The molecule has 0 aliphatic rings. The summed E-state index contributed by atoms with van der Waals surface area (Å²) < 4.78 is 5.30. The Morgan fingerprint density at radius 1 is 1.36 bits per heavy atom. The van der Waals surface area contributed by atoms with E-state index in [1.165, 1.54) is 0 Å². The smallest absolute Gasteiger partial charge is 0.119 e. The molecule has 3 N–H and O–H groups in total. The van der Waals surface area contributed by atoms with Crippen molar-refractivity contribution in [3.63, 3.8) is 0 Å². The molecule has 1 rings (SSSR count). The zero-order valence-electron chi connectivity index (χ0n) is 8.66. The number of hydrogen-bond acceptors (Lipinski definition) is 3. The van der Waals surface area contributed by atoms with E-state index in [0.29, 0.717) is 6.61 Å². The summed E-state index contributed by atoms with van der Waals surface area (Å²) in [6, 6.07) is 7.47. The third kappa shape index (κ3) is 2.47. The lowest BCUT2D eigenvalue weighted by Crippen LogP contribution is -2.36. The van der Waals surface area contributed by atoms with Gasteiger partial charge in [-0.25, -0.2) is 0 Å². The van der Waals surface area contributed by atoms with E-state index in [-0.39, 0.29) is 6.61 Å². The quantitative estimate of drug-likeness (QED) is 0.760. The molecule has 1 aromatic rings. The second-order valence-electron chi connectivity index (χ2n) is 3.53. The van der Waals surface area contributed by atoms with Crippen molar-refractivity contribution in [3.05, 3.63) is 29.8 Å². The van der Waals surface area contributed by atoms with Gasteiger partial charge in [0.25, 0.3) is 0 Å². The Balaban J connectivity index is 2.82. The fourth-order valence-corrected chi connectivity index (χ4v) is 1.19. The van der Waals surface area contributed by atoms with Crippen LogP contribution in [0.3, 0.4) is 0 Å². The molecule has 14 heavy (non-hydrogen) atoms. The maximum atomic E-state index is 9.06. The fourth-order valence-electron chi connectivity index (χ4n) is 1.19. The molecule has 0 aliphatic carbocycles. The summed E-state index contributed by atoms with van der Waals surface area (Å²) in [5.74, 6) is 0.824. The second kappa shape index (κ2) is 4.44. The molecule has 1 aromatic carbocycles. The molecular weight excluding hydrogens is 178 g/mol. The first-order valence-electron chi connectivity index (χ1n) is 4.73. The van der Waals surface area contributed by atoms with Crippen molar-refractivity contribution in [2.24, 2.45) is 5.73 Å². The van der Waals surface area contributed by atoms with Gasteiger partial charge in [-0.05, 0) is 31.5 Å². The van der Waals surface area contributed by atoms with Gasteiger partial charge in [0.1, 0.15) is 5.75 Å². The van der Waals surface area contributed by atoms with Gasteiger partial charge in [-0.3, -0.25) is 0 Å². The third-order valence-corrected chi connectivity index (χ3v) is 2.15. The van der Waals surface area contributed by atoms with Crippen LogP contribution >= 0.6 is 0 Å². The van der Waals surface area contributed by atoms with Crippen LogP contribution in [0, 0.1) is 0 Å². The first kappa shape index (κ1) is 11.0. The molecule has 0 bridgehead atoms. The summed E-state index contributed by atoms with van der Waals surface area (Å²) in [5, 5.41) is 9.06. The highest BCUT2D eigenvalue weighted by molar-refractivity contribution is 5.31. The summed E-state index contributed by atoms with van der Waals surface area (Å²) in [4.78, 5) is 0. The van der Waals surface area contributed by atoms with E-state index in [1.807, 2.05) is 31.2 Å². The summed E-state index contributed by atoms with van der Waals surface area (Å²) in [6.07, 6.45) is 0. The van der Waals surface area contributed by atoms with Crippen molar-refractivity contribution in [2.45, 2.75) is 19.4 Å². The zero-order valence-corrected chi connectivity index (χ0v) is 8.66. The van der Waals surface area contributed by atoms with Crippen molar-refractivity contribution in [1.82, 2.24) is 0 Å². The van der Waals surface area contributed by atoms with E-state index < -0.39 is 5.54 Å². The molecule has 0 heterocycles. The van der Waals surface area contributed by atoms with Crippen LogP contribution in [-0.2, 0) is 5.54 Å². The van der Waals surface area contributed by atoms with Crippen molar-refractivity contribution >= 4 is 0 Å². The molecule has 3 nitrogen and oxygen atoms in total. The van der Waals surface area contributed by atoms with Gasteiger partial charge < -0.3 is 15.6 Å². The van der Waals surface area contributed by atoms with Gasteiger partial charge in [-0.15, -0.1) is 0 Å². The SMILES string of the molecule is CCOc1ccc([C@@](C)(N)CO)cc1. The normalized spacial score (nSPS) is 14.9. The number of rotatable bonds is 4. The second-order valence-corrected chi connectivity index (χ2v) is 3.53. The van der Waals surface area contributed by atoms with E-state index in [4.69, 9.17) is 15.6 Å². The number of benzene rings is 1. The number of nitrogens with two attached hydrogens (primary N) is 1. The van der Waals surface area contributed by atoms with E-state index in [1.54, 1.807) is 6.92 Å². The lowest BCUT2D eigenvalue weighted by Gasteiger charge is -2.22. The molecular formula is C11H17NO2. The molecule has 0 fully saturated rings. The Morgan fingerprint density at radius 3 is 2.36 bits per heavy atom. The fraction of sp³-hybridized carbons (Fsp3) is 0.455. The first-order valence-corrected chi connectivity index (χ1v) is 4.73. The summed E-state index contributed by atoms with van der Waals surface area (Å²) >= 11 is 0. The standard InChI is InChI=1S/C11H17NO2/c1-3-14-10-6-4-9(5-7-10)11(2,12)8-13/h4-7,13H,3,8,12H2,1-2H3/t11-/m0/s1. The van der Waals surface area contributed by atoms with Gasteiger partial charge in [-0.2, -0.15) is 0 Å². The maximum absolute atomic E-state index is 9.06. The third-order valence-electron chi connectivity index (χ3n) is 2.15. The van der Waals surface area contributed by atoms with Gasteiger partial charge in [0.2, 0.25) is 0 Å². The van der Waals surface area contributed by atoms with E-state index in [0.717, 1.165) is 11.3 Å². The highest BCUT2D eigenvalue weighted by atomic mass is 16.5. The van der Waals surface area contributed by atoms with Crippen molar-refractivity contribution < 1.29 is 9.84 Å². The Bertz CT molecular complexity index is 280. The number of ether oxygens (including phenoxy) is 1. The van der Waals surface area contributed by atoms with Gasteiger partial charge in [-0.1, -0.05) is 12.1 Å². The van der Waals surface area contributed by atoms with E-state index in [2.05, 4.69) is 0 Å². The highest BCUT2D eigenvalue weighted by Crippen LogP contribution is 2.20. The van der Waals surface area contributed by atoms with Crippen LogP contribution in [0.25, 0.3) is 0 Å². The van der Waals surface area contributed by atoms with Crippen LogP contribution in [0.1, 0.15) is 19.4 Å². The average molecular weight is 195 g/mol. The molecule has 0 aliphatic heterocycles. The topological polar surface area (TPSA) is 55.5 Å². The van der Waals surface area contributed by atoms with Crippen molar-refractivity contribution in [3.8, 4) is 5.75 Å². The largest absolute Gasteiger partial charge is 0.494 e. The van der Waals surface area contributed by atoms with Crippen LogP contribution < -0.4 is 10.5 Å². The van der Waals surface area contributed by atoms with E-state index >= 15 is 0 Å². The van der Waals surface area contributed by atoms with Crippen LogP contribution in [0.2, 0.25) is 0 Å². The minimum absolute atomic E-state index is 0.0685. The van der Waals surface area contributed by atoms with Crippen LogP contribution in [0.4, 0.5) is 0 Å². The first-order chi connectivity index (χ1) is 6.60. The van der Waals surface area contributed by atoms with Crippen molar-refractivity contribution in [1.29, 1.82) is 0 Å². The minimum atomic E-state index is -0.676. The maximum Gasteiger partial charge on any atom is 0.119 e. The van der Waals surface area contributed by atoms with Gasteiger partial charge in [0.15, 0.2) is 0 Å². The molecule has 0 spiro atoms. The lowest BCUT2D eigenvalue weighted by atomic mass is 9.94. The van der Waals surface area contributed by atoms with Gasteiger partial charge in [0.05, 0.1) is 18.8 Å². The molecule has 0 amide bonds. The molecule has 0 radical (unpaired) electrons. The molecule has 0 unspecified atom stereocenters. The Kier molecular flexibility index (Phi) is 3.49. The van der Waals surface area contributed by atoms with E-state index in [9.17, 15) is 0 Å². The number of aliphatic hydroxyl groups excluding tert-OH is 1. The van der Waals surface area contributed by atoms with Crippen molar-refractivity contribution in [2.75, 3.05) is 13.2 Å². The summed E-state index contributed by atoms with van der Waals surface area (Å²) in [5.41, 5.74) is 6.10.